The second-order valence-corrected chi connectivity index (χ2v) is 5.50. The van der Waals surface area contributed by atoms with Crippen molar-refractivity contribution in [2.24, 2.45) is 13.0 Å². The molecule has 0 radical (unpaired) electrons. The van der Waals surface area contributed by atoms with Gasteiger partial charge in [0.2, 0.25) is 0 Å². The summed E-state index contributed by atoms with van der Waals surface area (Å²) >= 11 is 0. The van der Waals surface area contributed by atoms with Gasteiger partial charge in [0.15, 0.2) is 0 Å². The number of imidazole rings is 1. The number of nitrogens with zero attached hydrogens (tertiary/aromatic N) is 4. The van der Waals surface area contributed by atoms with Gasteiger partial charge in [-0.05, 0) is 18.6 Å². The highest BCUT2D eigenvalue weighted by molar-refractivity contribution is 5.06. The first-order valence-electron chi connectivity index (χ1n) is 6.99. The fourth-order valence-corrected chi connectivity index (χ4v) is 2.81. The van der Waals surface area contributed by atoms with Crippen molar-refractivity contribution in [2.45, 2.75) is 19.1 Å². The number of β-amino-alcohol motifs (C(OH)–C–C–N with tert-alkyl or cyclic N) is 1. The predicted octanol–water partition coefficient (Wildman–Crippen LogP) is 0.851. The second-order valence-electron chi connectivity index (χ2n) is 5.50. The highest BCUT2D eigenvalue weighted by Crippen LogP contribution is 2.22. The number of aromatic nitrogens is 3. The number of aryl methyl sites for hydroxylation is 1. The van der Waals surface area contributed by atoms with Gasteiger partial charge in [-0.2, -0.15) is 0 Å². The van der Waals surface area contributed by atoms with Crippen LogP contribution in [0.1, 0.15) is 11.5 Å². The van der Waals surface area contributed by atoms with Gasteiger partial charge in [0.25, 0.3) is 0 Å². The van der Waals surface area contributed by atoms with Crippen LogP contribution in [0.25, 0.3) is 0 Å². The van der Waals surface area contributed by atoms with E-state index in [2.05, 4.69) is 14.9 Å². The third kappa shape index (κ3) is 2.89. The van der Waals surface area contributed by atoms with Crippen LogP contribution in [-0.2, 0) is 20.0 Å². The van der Waals surface area contributed by atoms with E-state index in [0.717, 1.165) is 31.0 Å². The standard InChI is InChI=1S/C15H20N4O/c1-18-7-6-17-15(18)11-19-9-12(14(20)10-19)8-13-4-2-3-5-16-13/h2-7,12,14,20H,8-11H2,1H3/t12-,14-/m1/s1. The minimum atomic E-state index is -0.280. The van der Waals surface area contributed by atoms with Crippen molar-refractivity contribution in [1.82, 2.24) is 19.4 Å². The predicted molar refractivity (Wildman–Crippen MR) is 75.9 cm³/mol. The van der Waals surface area contributed by atoms with Crippen LogP contribution in [0.3, 0.4) is 0 Å². The smallest absolute Gasteiger partial charge is 0.122 e. The van der Waals surface area contributed by atoms with Crippen LogP contribution in [0, 0.1) is 5.92 Å². The molecule has 1 N–H and O–H groups in total. The first kappa shape index (κ1) is 13.3. The molecule has 2 aromatic rings. The number of hydrogen-bond donors (Lipinski definition) is 1. The molecule has 0 unspecified atom stereocenters. The third-order valence-corrected chi connectivity index (χ3v) is 3.97. The maximum atomic E-state index is 10.2. The Hall–Kier alpha value is -1.72. The molecule has 2 atom stereocenters. The van der Waals surface area contributed by atoms with Gasteiger partial charge in [-0.25, -0.2) is 4.98 Å². The molecule has 1 aliphatic heterocycles. The maximum absolute atomic E-state index is 10.2. The van der Waals surface area contributed by atoms with E-state index in [0.29, 0.717) is 6.54 Å². The SMILES string of the molecule is Cn1ccnc1CN1C[C@@H](Cc2ccccn2)[C@H](O)C1. The molecule has 5 heteroatoms. The fourth-order valence-electron chi connectivity index (χ4n) is 2.81. The lowest BCUT2D eigenvalue weighted by Crippen LogP contribution is -2.23. The van der Waals surface area contributed by atoms with E-state index in [1.165, 1.54) is 0 Å². The Morgan fingerprint density at radius 3 is 2.85 bits per heavy atom. The van der Waals surface area contributed by atoms with Gasteiger partial charge in [0, 0.05) is 50.3 Å². The molecule has 0 aromatic carbocycles. The second kappa shape index (κ2) is 5.73. The molecule has 0 saturated carbocycles. The van der Waals surface area contributed by atoms with Crippen molar-refractivity contribution in [3.8, 4) is 0 Å². The average molecular weight is 272 g/mol. The summed E-state index contributed by atoms with van der Waals surface area (Å²) in [5.74, 6) is 1.29. The minimum absolute atomic E-state index is 0.255. The zero-order chi connectivity index (χ0) is 13.9. The quantitative estimate of drug-likeness (QED) is 0.896. The van der Waals surface area contributed by atoms with Crippen LogP contribution in [0.2, 0.25) is 0 Å². The van der Waals surface area contributed by atoms with Gasteiger partial charge < -0.3 is 9.67 Å². The highest BCUT2D eigenvalue weighted by atomic mass is 16.3. The molecule has 5 nitrogen and oxygen atoms in total. The zero-order valence-corrected chi connectivity index (χ0v) is 11.7. The molecule has 1 aliphatic rings. The molecular weight excluding hydrogens is 252 g/mol. The summed E-state index contributed by atoms with van der Waals surface area (Å²) in [4.78, 5) is 11.0. The Bertz CT molecular complexity index is 554. The monoisotopic (exact) mass is 272 g/mol. The van der Waals surface area contributed by atoms with Crippen LogP contribution in [-0.4, -0.2) is 43.7 Å². The van der Waals surface area contributed by atoms with Crippen LogP contribution in [0.4, 0.5) is 0 Å². The van der Waals surface area contributed by atoms with E-state index in [4.69, 9.17) is 0 Å². The minimum Gasteiger partial charge on any atom is -0.391 e. The molecule has 0 amide bonds. The Morgan fingerprint density at radius 1 is 1.25 bits per heavy atom. The van der Waals surface area contributed by atoms with Crippen molar-refractivity contribution in [2.75, 3.05) is 13.1 Å². The lowest BCUT2D eigenvalue weighted by molar-refractivity contribution is 0.140. The Balaban J connectivity index is 1.61. The fraction of sp³-hybridized carbons (Fsp3) is 0.467. The lowest BCUT2D eigenvalue weighted by atomic mass is 10.00. The summed E-state index contributed by atoms with van der Waals surface area (Å²) in [5.41, 5.74) is 1.05. The molecule has 2 aromatic heterocycles. The van der Waals surface area contributed by atoms with Crippen molar-refractivity contribution < 1.29 is 5.11 Å². The molecule has 3 heterocycles. The Morgan fingerprint density at radius 2 is 2.15 bits per heavy atom. The highest BCUT2D eigenvalue weighted by Gasteiger charge is 2.31. The van der Waals surface area contributed by atoms with Crippen LogP contribution < -0.4 is 0 Å². The number of rotatable bonds is 4. The van der Waals surface area contributed by atoms with Crippen molar-refractivity contribution >= 4 is 0 Å². The molecule has 1 fully saturated rings. The first-order valence-corrected chi connectivity index (χ1v) is 6.99. The number of likely N-dealkylation sites (tertiary alicyclic amines) is 1. The van der Waals surface area contributed by atoms with E-state index in [9.17, 15) is 5.11 Å². The van der Waals surface area contributed by atoms with Crippen molar-refractivity contribution in [1.29, 1.82) is 0 Å². The van der Waals surface area contributed by atoms with Gasteiger partial charge in [0.1, 0.15) is 5.82 Å². The molecule has 20 heavy (non-hydrogen) atoms. The summed E-state index contributed by atoms with van der Waals surface area (Å²) in [6.45, 7) is 2.40. The normalized spacial score (nSPS) is 23.3. The van der Waals surface area contributed by atoms with E-state index < -0.39 is 0 Å². The van der Waals surface area contributed by atoms with Gasteiger partial charge in [-0.3, -0.25) is 9.88 Å². The molecule has 0 bridgehead atoms. The van der Waals surface area contributed by atoms with E-state index >= 15 is 0 Å². The summed E-state index contributed by atoms with van der Waals surface area (Å²) in [6.07, 6.45) is 6.12. The Labute approximate surface area is 118 Å². The number of aliphatic hydroxyl groups excluding tert-OH is 1. The Kier molecular flexibility index (Phi) is 3.80. The number of aliphatic hydroxyl groups is 1. The lowest BCUT2D eigenvalue weighted by Gasteiger charge is -2.15. The van der Waals surface area contributed by atoms with Crippen molar-refractivity contribution in [3.63, 3.8) is 0 Å². The molecule has 0 aliphatic carbocycles. The van der Waals surface area contributed by atoms with Crippen LogP contribution in [0.5, 0.6) is 0 Å². The summed E-state index contributed by atoms with van der Waals surface area (Å²) in [6, 6.07) is 5.94. The number of hydrogen-bond acceptors (Lipinski definition) is 4. The molecule has 106 valence electrons. The zero-order valence-electron chi connectivity index (χ0n) is 11.7. The maximum Gasteiger partial charge on any atom is 0.122 e. The largest absolute Gasteiger partial charge is 0.391 e. The topological polar surface area (TPSA) is 54.2 Å². The average Bonchev–Trinajstić information content (AvgIpc) is 2.99. The van der Waals surface area contributed by atoms with E-state index in [1.54, 1.807) is 0 Å². The van der Waals surface area contributed by atoms with E-state index in [-0.39, 0.29) is 12.0 Å². The molecule has 3 rings (SSSR count). The summed E-state index contributed by atoms with van der Waals surface area (Å²) in [7, 11) is 2.00. The summed E-state index contributed by atoms with van der Waals surface area (Å²) in [5, 5.41) is 10.2. The molecular formula is C15H20N4O. The molecule has 1 saturated heterocycles. The van der Waals surface area contributed by atoms with Gasteiger partial charge in [0.05, 0.1) is 12.6 Å². The van der Waals surface area contributed by atoms with Crippen LogP contribution in [0.15, 0.2) is 36.8 Å². The van der Waals surface area contributed by atoms with E-state index in [1.807, 2.05) is 48.4 Å². The van der Waals surface area contributed by atoms with Crippen LogP contribution >= 0.6 is 0 Å². The van der Waals surface area contributed by atoms with Gasteiger partial charge >= 0.3 is 0 Å². The summed E-state index contributed by atoms with van der Waals surface area (Å²) < 4.78 is 2.03. The third-order valence-electron chi connectivity index (χ3n) is 3.97. The first-order chi connectivity index (χ1) is 9.72. The molecule has 0 spiro atoms. The van der Waals surface area contributed by atoms with Crippen molar-refractivity contribution in [3.05, 3.63) is 48.3 Å². The number of pyridine rings is 1. The van der Waals surface area contributed by atoms with Gasteiger partial charge in [-0.15, -0.1) is 0 Å². The van der Waals surface area contributed by atoms with Gasteiger partial charge in [-0.1, -0.05) is 6.07 Å².